The van der Waals surface area contributed by atoms with Crippen molar-refractivity contribution in [2.24, 2.45) is 5.92 Å². The van der Waals surface area contributed by atoms with Crippen LogP contribution in [0, 0.1) is 5.92 Å². The highest BCUT2D eigenvalue weighted by Crippen LogP contribution is 2.33. The fraction of sp³-hybridized carbons (Fsp3) is 0.308. The van der Waals surface area contributed by atoms with E-state index in [0.717, 1.165) is 10.5 Å². The van der Waals surface area contributed by atoms with Gasteiger partial charge in [-0.15, -0.1) is 0 Å². The number of hydrogen-bond donors (Lipinski definition) is 3. The van der Waals surface area contributed by atoms with Crippen LogP contribution in [-0.2, 0) is 26.2 Å². The van der Waals surface area contributed by atoms with Gasteiger partial charge in [-0.05, 0) is 24.1 Å². The zero-order valence-corrected chi connectivity index (χ0v) is 12.8. The number of anilines is 1. The Morgan fingerprint density at radius 2 is 2.09 bits per heavy atom. The second-order valence-corrected chi connectivity index (χ2v) is 6.42. The summed E-state index contributed by atoms with van der Waals surface area (Å²) >= 11 is 0. The van der Waals surface area contributed by atoms with Crippen molar-refractivity contribution in [1.29, 1.82) is 0 Å². The van der Waals surface area contributed by atoms with Crippen molar-refractivity contribution in [2.75, 3.05) is 11.4 Å². The second-order valence-electron chi connectivity index (χ2n) is 4.87. The summed E-state index contributed by atoms with van der Waals surface area (Å²) in [7, 11) is -2.66. The van der Waals surface area contributed by atoms with Crippen molar-refractivity contribution < 1.29 is 28.2 Å². The number of carbonyl (C=O) groups is 1. The van der Waals surface area contributed by atoms with Gasteiger partial charge in [0.15, 0.2) is 0 Å². The van der Waals surface area contributed by atoms with Crippen LogP contribution in [-0.4, -0.2) is 31.7 Å². The highest BCUT2D eigenvalue weighted by atomic mass is 32.2. The molecule has 1 aliphatic heterocycles. The summed E-state index contributed by atoms with van der Waals surface area (Å²) in [6.07, 6.45) is 1.29. The van der Waals surface area contributed by atoms with Crippen molar-refractivity contribution >= 4 is 21.9 Å². The maximum Gasteiger partial charge on any atom is 0.330 e. The molecule has 1 atom stereocenters. The number of aromatic hydroxyl groups is 1. The van der Waals surface area contributed by atoms with Gasteiger partial charge in [-0.25, -0.2) is 9.03 Å². The standard InChI is InChI=1S/C13H16N2O6S/c1-8(13(18)21-2)5-9-3-4-10(11(16)6-9)15-7-12(17)14-22(15,19)20/h3-4,6-8,14,16-17H,5H2,1-2H3. The molecule has 22 heavy (non-hydrogen) atoms. The van der Waals surface area contributed by atoms with Crippen LogP contribution in [0.3, 0.4) is 0 Å². The quantitative estimate of drug-likeness (QED) is 0.703. The third kappa shape index (κ3) is 3.08. The minimum atomic E-state index is -3.96. The van der Waals surface area contributed by atoms with Crippen LogP contribution >= 0.6 is 0 Å². The van der Waals surface area contributed by atoms with Gasteiger partial charge in [-0.3, -0.25) is 4.79 Å². The first kappa shape index (κ1) is 16.0. The molecule has 2 rings (SSSR count). The van der Waals surface area contributed by atoms with E-state index in [4.69, 9.17) is 0 Å². The van der Waals surface area contributed by atoms with Gasteiger partial charge in [0.05, 0.1) is 19.2 Å². The number of methoxy groups -OCH3 is 1. The average molecular weight is 328 g/mol. The van der Waals surface area contributed by atoms with E-state index < -0.39 is 22.0 Å². The number of phenols is 1. The number of carbonyl (C=O) groups excluding carboxylic acids is 1. The fourth-order valence-electron chi connectivity index (χ4n) is 2.11. The first-order chi connectivity index (χ1) is 10.2. The minimum absolute atomic E-state index is 0.00831. The predicted octanol–water partition coefficient (Wildman–Crippen LogP) is 0.755. The van der Waals surface area contributed by atoms with E-state index in [1.54, 1.807) is 13.0 Å². The maximum absolute atomic E-state index is 11.7. The topological polar surface area (TPSA) is 116 Å². The summed E-state index contributed by atoms with van der Waals surface area (Å²) in [5.41, 5.74) is 0.642. The molecule has 1 heterocycles. The Morgan fingerprint density at radius 1 is 1.41 bits per heavy atom. The Morgan fingerprint density at radius 3 is 2.59 bits per heavy atom. The molecule has 3 N–H and O–H groups in total. The molecule has 0 fully saturated rings. The Balaban J connectivity index is 2.26. The Labute approximate surface area is 127 Å². The van der Waals surface area contributed by atoms with E-state index in [0.29, 0.717) is 12.0 Å². The Bertz CT molecular complexity index is 728. The SMILES string of the molecule is COC(=O)C(C)Cc1ccc(N2C=C(O)NS2(=O)=O)c(O)c1. The van der Waals surface area contributed by atoms with Gasteiger partial charge in [-0.2, -0.15) is 8.42 Å². The third-order valence-corrected chi connectivity index (χ3v) is 4.44. The lowest BCUT2D eigenvalue weighted by atomic mass is 10.0. The molecule has 0 bridgehead atoms. The summed E-state index contributed by atoms with van der Waals surface area (Å²) in [6, 6.07) is 4.35. The number of nitrogens with zero attached hydrogens (tertiary/aromatic N) is 1. The van der Waals surface area contributed by atoms with E-state index in [1.165, 1.54) is 19.2 Å². The molecule has 0 amide bonds. The highest BCUT2D eigenvalue weighted by molar-refractivity contribution is 7.91. The lowest BCUT2D eigenvalue weighted by molar-refractivity contribution is -0.144. The van der Waals surface area contributed by atoms with Crippen LogP contribution in [0.1, 0.15) is 12.5 Å². The smallest absolute Gasteiger partial charge is 0.330 e. The largest absolute Gasteiger partial charge is 0.506 e. The minimum Gasteiger partial charge on any atom is -0.506 e. The van der Waals surface area contributed by atoms with E-state index in [2.05, 4.69) is 4.74 Å². The number of phenolic OH excluding ortho intramolecular Hbond substituents is 1. The molecular formula is C13H16N2O6S. The molecule has 8 nitrogen and oxygen atoms in total. The predicted molar refractivity (Wildman–Crippen MR) is 78.2 cm³/mol. The summed E-state index contributed by atoms with van der Waals surface area (Å²) in [6.45, 7) is 1.69. The van der Waals surface area contributed by atoms with Gasteiger partial charge < -0.3 is 14.9 Å². The van der Waals surface area contributed by atoms with Crippen LogP contribution in [0.2, 0.25) is 0 Å². The van der Waals surface area contributed by atoms with E-state index in [1.807, 2.05) is 4.72 Å². The van der Waals surface area contributed by atoms with Crippen LogP contribution in [0.15, 0.2) is 30.3 Å². The van der Waals surface area contributed by atoms with Crippen LogP contribution in [0.25, 0.3) is 0 Å². The van der Waals surface area contributed by atoms with Gasteiger partial charge >= 0.3 is 16.2 Å². The van der Waals surface area contributed by atoms with Gasteiger partial charge in [0.25, 0.3) is 0 Å². The summed E-state index contributed by atoms with van der Waals surface area (Å²) in [5.74, 6) is -1.59. The van der Waals surface area contributed by atoms with Crippen molar-refractivity contribution in [3.63, 3.8) is 0 Å². The van der Waals surface area contributed by atoms with E-state index in [9.17, 15) is 23.4 Å². The molecule has 0 saturated carbocycles. The zero-order valence-electron chi connectivity index (χ0n) is 12.0. The number of nitrogens with one attached hydrogen (secondary N) is 1. The Kier molecular flexibility index (Phi) is 4.18. The molecule has 120 valence electrons. The summed E-state index contributed by atoms with van der Waals surface area (Å²) < 4.78 is 30.7. The lowest BCUT2D eigenvalue weighted by Crippen LogP contribution is -2.29. The van der Waals surface area contributed by atoms with Gasteiger partial charge in [0.2, 0.25) is 5.88 Å². The number of hydrogen-bond acceptors (Lipinski definition) is 6. The number of aliphatic hydroxyl groups is 1. The molecular weight excluding hydrogens is 312 g/mol. The van der Waals surface area contributed by atoms with Crippen molar-refractivity contribution in [2.45, 2.75) is 13.3 Å². The number of benzene rings is 1. The first-order valence-corrected chi connectivity index (χ1v) is 7.81. The number of rotatable bonds is 4. The summed E-state index contributed by atoms with van der Waals surface area (Å²) in [4.78, 5) is 11.4. The second kappa shape index (κ2) is 5.76. The van der Waals surface area contributed by atoms with Crippen LogP contribution in [0.5, 0.6) is 5.75 Å². The molecule has 0 radical (unpaired) electrons. The molecule has 0 aromatic heterocycles. The van der Waals surface area contributed by atoms with Gasteiger partial charge in [0, 0.05) is 0 Å². The summed E-state index contributed by atoms with van der Waals surface area (Å²) in [5, 5.41) is 19.3. The number of ether oxygens (including phenoxy) is 1. The molecule has 0 saturated heterocycles. The van der Waals surface area contributed by atoms with Crippen LogP contribution in [0.4, 0.5) is 5.69 Å². The fourth-order valence-corrected chi connectivity index (χ4v) is 3.17. The van der Waals surface area contributed by atoms with Crippen molar-refractivity contribution in [1.82, 2.24) is 4.72 Å². The third-order valence-electron chi connectivity index (χ3n) is 3.15. The van der Waals surface area contributed by atoms with E-state index in [-0.39, 0.29) is 17.4 Å². The normalized spacial score (nSPS) is 17.5. The first-order valence-electron chi connectivity index (χ1n) is 6.37. The lowest BCUT2D eigenvalue weighted by Gasteiger charge is -2.16. The molecule has 0 spiro atoms. The molecule has 1 aromatic rings. The number of esters is 1. The molecule has 9 heteroatoms. The molecule has 1 aliphatic rings. The van der Waals surface area contributed by atoms with Crippen molar-refractivity contribution in [3.05, 3.63) is 35.8 Å². The monoisotopic (exact) mass is 328 g/mol. The maximum atomic E-state index is 11.7. The zero-order chi connectivity index (χ0) is 16.5. The van der Waals surface area contributed by atoms with E-state index >= 15 is 0 Å². The highest BCUT2D eigenvalue weighted by Gasteiger charge is 2.30. The van der Waals surface area contributed by atoms with Crippen LogP contribution < -0.4 is 9.03 Å². The molecule has 0 aliphatic carbocycles. The Hall–Kier alpha value is -2.42. The molecule has 1 unspecified atom stereocenters. The number of aliphatic hydroxyl groups excluding tert-OH is 1. The molecule has 1 aromatic carbocycles. The van der Waals surface area contributed by atoms with Gasteiger partial charge in [-0.1, -0.05) is 13.0 Å². The van der Waals surface area contributed by atoms with Gasteiger partial charge in [0.1, 0.15) is 11.4 Å². The van der Waals surface area contributed by atoms with Crippen molar-refractivity contribution in [3.8, 4) is 5.75 Å². The average Bonchev–Trinajstić information content (AvgIpc) is 2.70.